The molecular weight excluding hydrogens is 316 g/mol. The third kappa shape index (κ3) is 4.39. The van der Waals surface area contributed by atoms with Crippen LogP contribution in [0.3, 0.4) is 0 Å². The van der Waals surface area contributed by atoms with E-state index in [0.29, 0.717) is 23.6 Å². The summed E-state index contributed by atoms with van der Waals surface area (Å²) in [7, 11) is 0. The number of nitrogens with zero attached hydrogens (tertiary/aromatic N) is 2. The van der Waals surface area contributed by atoms with Crippen LogP contribution in [0.15, 0.2) is 67.0 Å². The Labute approximate surface area is 145 Å². The molecule has 0 radical (unpaired) electrons. The third-order valence-corrected chi connectivity index (χ3v) is 3.52. The maximum Gasteiger partial charge on any atom is 0.257 e. The van der Waals surface area contributed by atoms with Crippen LogP contribution in [-0.4, -0.2) is 34.1 Å². The SMILES string of the molecule is O=C(Nc1cccc(-c2ccccn2)c1)c1ccc(NCCO)nc1. The number of carbonyl (C=O) groups is 1. The highest BCUT2D eigenvalue weighted by Gasteiger charge is 2.08. The average molecular weight is 334 g/mol. The molecule has 3 aromatic rings. The molecule has 126 valence electrons. The largest absolute Gasteiger partial charge is 0.395 e. The number of nitrogens with one attached hydrogen (secondary N) is 2. The lowest BCUT2D eigenvalue weighted by Gasteiger charge is -2.08. The number of aliphatic hydroxyl groups excluding tert-OH is 1. The van der Waals surface area contributed by atoms with Gasteiger partial charge in [0.15, 0.2) is 0 Å². The number of hydrogen-bond donors (Lipinski definition) is 3. The number of amides is 1. The molecule has 0 unspecified atom stereocenters. The van der Waals surface area contributed by atoms with Crippen LogP contribution in [0.1, 0.15) is 10.4 Å². The maximum atomic E-state index is 12.4. The molecule has 6 nitrogen and oxygen atoms in total. The Bertz CT molecular complexity index is 836. The van der Waals surface area contributed by atoms with Crippen molar-refractivity contribution in [2.45, 2.75) is 0 Å². The van der Waals surface area contributed by atoms with Gasteiger partial charge in [-0.3, -0.25) is 9.78 Å². The van der Waals surface area contributed by atoms with Crippen molar-refractivity contribution in [3.05, 3.63) is 72.6 Å². The molecule has 0 aliphatic heterocycles. The van der Waals surface area contributed by atoms with Crippen molar-refractivity contribution < 1.29 is 9.90 Å². The minimum Gasteiger partial charge on any atom is -0.395 e. The molecule has 2 heterocycles. The van der Waals surface area contributed by atoms with Crippen molar-refractivity contribution in [1.29, 1.82) is 0 Å². The zero-order valence-electron chi connectivity index (χ0n) is 13.5. The Hall–Kier alpha value is -3.25. The number of hydrogen-bond acceptors (Lipinski definition) is 5. The lowest BCUT2D eigenvalue weighted by molar-refractivity contribution is 0.102. The first-order valence-corrected chi connectivity index (χ1v) is 7.90. The van der Waals surface area contributed by atoms with Crippen LogP contribution in [0.5, 0.6) is 0 Å². The van der Waals surface area contributed by atoms with E-state index in [1.165, 1.54) is 6.20 Å². The Morgan fingerprint density at radius 3 is 2.68 bits per heavy atom. The predicted octanol–water partition coefficient (Wildman–Crippen LogP) is 2.80. The van der Waals surface area contributed by atoms with Crippen LogP contribution in [0.2, 0.25) is 0 Å². The molecule has 0 aliphatic rings. The fourth-order valence-corrected chi connectivity index (χ4v) is 2.31. The number of rotatable bonds is 6. The first-order valence-electron chi connectivity index (χ1n) is 7.90. The van der Waals surface area contributed by atoms with Gasteiger partial charge in [-0.05, 0) is 36.4 Å². The summed E-state index contributed by atoms with van der Waals surface area (Å²) in [5, 5.41) is 14.6. The van der Waals surface area contributed by atoms with Gasteiger partial charge in [-0.25, -0.2) is 4.98 Å². The van der Waals surface area contributed by atoms with E-state index in [0.717, 1.165) is 11.3 Å². The summed E-state index contributed by atoms with van der Waals surface area (Å²) >= 11 is 0. The van der Waals surface area contributed by atoms with E-state index in [-0.39, 0.29) is 12.5 Å². The van der Waals surface area contributed by atoms with Crippen LogP contribution in [0, 0.1) is 0 Å². The minimum absolute atomic E-state index is 0.0243. The highest BCUT2D eigenvalue weighted by atomic mass is 16.3. The topological polar surface area (TPSA) is 87.1 Å². The standard InChI is InChI=1S/C19H18N4O2/c24-11-10-21-18-8-7-15(13-22-18)19(25)23-16-5-3-4-14(12-16)17-6-1-2-9-20-17/h1-9,12-13,24H,10-11H2,(H,21,22)(H,23,25). The molecule has 0 saturated heterocycles. The van der Waals surface area contributed by atoms with E-state index in [1.54, 1.807) is 18.3 Å². The molecule has 3 N–H and O–H groups in total. The number of aliphatic hydroxyl groups is 1. The first kappa shape index (κ1) is 16.6. The van der Waals surface area contributed by atoms with Crippen LogP contribution >= 0.6 is 0 Å². The number of benzene rings is 1. The zero-order valence-corrected chi connectivity index (χ0v) is 13.5. The second kappa shape index (κ2) is 8.03. The fraction of sp³-hybridized carbons (Fsp3) is 0.105. The van der Waals surface area contributed by atoms with Gasteiger partial charge in [0.25, 0.3) is 5.91 Å². The first-order chi connectivity index (χ1) is 12.3. The summed E-state index contributed by atoms with van der Waals surface area (Å²) in [6.07, 6.45) is 3.23. The maximum absolute atomic E-state index is 12.4. The van der Waals surface area contributed by atoms with Crippen molar-refractivity contribution in [3.63, 3.8) is 0 Å². The lowest BCUT2D eigenvalue weighted by atomic mass is 10.1. The molecule has 2 aromatic heterocycles. The highest BCUT2D eigenvalue weighted by molar-refractivity contribution is 6.04. The van der Waals surface area contributed by atoms with Crippen molar-refractivity contribution in [3.8, 4) is 11.3 Å². The molecule has 0 spiro atoms. The van der Waals surface area contributed by atoms with E-state index in [4.69, 9.17) is 5.11 Å². The molecule has 0 atom stereocenters. The van der Waals surface area contributed by atoms with Crippen molar-refractivity contribution >= 4 is 17.4 Å². The van der Waals surface area contributed by atoms with Gasteiger partial charge in [-0.1, -0.05) is 18.2 Å². The summed E-state index contributed by atoms with van der Waals surface area (Å²) < 4.78 is 0. The van der Waals surface area contributed by atoms with Gasteiger partial charge in [0.2, 0.25) is 0 Å². The molecule has 0 saturated carbocycles. The molecule has 6 heteroatoms. The summed E-state index contributed by atoms with van der Waals surface area (Å²) in [5.41, 5.74) is 2.92. The minimum atomic E-state index is -0.237. The summed E-state index contributed by atoms with van der Waals surface area (Å²) in [4.78, 5) is 20.8. The Balaban J connectivity index is 1.71. The normalized spacial score (nSPS) is 10.3. The van der Waals surface area contributed by atoms with Gasteiger partial charge in [0.05, 0.1) is 17.9 Å². The Morgan fingerprint density at radius 2 is 1.96 bits per heavy atom. The van der Waals surface area contributed by atoms with E-state index < -0.39 is 0 Å². The molecule has 3 rings (SSSR count). The number of aromatic nitrogens is 2. The number of carbonyl (C=O) groups excluding carboxylic acids is 1. The van der Waals surface area contributed by atoms with Gasteiger partial charge in [-0.2, -0.15) is 0 Å². The number of anilines is 2. The second-order valence-electron chi connectivity index (χ2n) is 5.33. The summed E-state index contributed by atoms with van der Waals surface area (Å²) in [6.45, 7) is 0.440. The van der Waals surface area contributed by atoms with E-state index in [1.807, 2.05) is 42.5 Å². The van der Waals surface area contributed by atoms with Gasteiger partial charge in [-0.15, -0.1) is 0 Å². The molecule has 1 aromatic carbocycles. The van der Waals surface area contributed by atoms with Crippen molar-refractivity contribution in [2.75, 3.05) is 23.8 Å². The fourth-order valence-electron chi connectivity index (χ4n) is 2.31. The summed E-state index contributed by atoms with van der Waals surface area (Å²) in [5.74, 6) is 0.377. The highest BCUT2D eigenvalue weighted by Crippen LogP contribution is 2.21. The van der Waals surface area contributed by atoms with E-state index >= 15 is 0 Å². The molecule has 1 amide bonds. The molecule has 25 heavy (non-hydrogen) atoms. The molecule has 0 fully saturated rings. The quantitative estimate of drug-likeness (QED) is 0.645. The molecule has 0 bridgehead atoms. The van der Waals surface area contributed by atoms with Crippen LogP contribution < -0.4 is 10.6 Å². The smallest absolute Gasteiger partial charge is 0.257 e. The lowest BCUT2D eigenvalue weighted by Crippen LogP contribution is -2.13. The Morgan fingerprint density at radius 1 is 1.04 bits per heavy atom. The second-order valence-corrected chi connectivity index (χ2v) is 5.33. The van der Waals surface area contributed by atoms with Gasteiger partial charge in [0, 0.05) is 30.2 Å². The monoisotopic (exact) mass is 334 g/mol. The van der Waals surface area contributed by atoms with Gasteiger partial charge < -0.3 is 15.7 Å². The predicted molar refractivity (Wildman–Crippen MR) is 97.4 cm³/mol. The van der Waals surface area contributed by atoms with Crippen LogP contribution in [0.25, 0.3) is 11.3 Å². The van der Waals surface area contributed by atoms with Crippen LogP contribution in [-0.2, 0) is 0 Å². The van der Waals surface area contributed by atoms with Crippen molar-refractivity contribution in [2.24, 2.45) is 0 Å². The number of pyridine rings is 2. The van der Waals surface area contributed by atoms with Gasteiger partial charge >= 0.3 is 0 Å². The molecular formula is C19H18N4O2. The summed E-state index contributed by atoms with van der Waals surface area (Å²) in [6, 6.07) is 16.6. The molecule has 0 aliphatic carbocycles. The zero-order chi connectivity index (χ0) is 17.5. The van der Waals surface area contributed by atoms with Gasteiger partial charge in [0.1, 0.15) is 5.82 Å². The van der Waals surface area contributed by atoms with Crippen molar-refractivity contribution in [1.82, 2.24) is 9.97 Å². The van der Waals surface area contributed by atoms with E-state index in [9.17, 15) is 4.79 Å². The Kier molecular flexibility index (Phi) is 5.33. The van der Waals surface area contributed by atoms with Crippen LogP contribution in [0.4, 0.5) is 11.5 Å². The average Bonchev–Trinajstić information content (AvgIpc) is 2.67. The third-order valence-electron chi connectivity index (χ3n) is 3.52. The van der Waals surface area contributed by atoms with E-state index in [2.05, 4.69) is 20.6 Å².